The third-order valence-corrected chi connectivity index (χ3v) is 3.77. The summed E-state index contributed by atoms with van der Waals surface area (Å²) < 4.78 is 0. The van der Waals surface area contributed by atoms with Crippen molar-refractivity contribution in [1.29, 1.82) is 0 Å². The molecule has 0 atom stereocenters. The van der Waals surface area contributed by atoms with E-state index in [0.717, 1.165) is 38.2 Å². The second-order valence-electron chi connectivity index (χ2n) is 3.98. The van der Waals surface area contributed by atoms with Gasteiger partial charge in [-0.25, -0.2) is 0 Å². The minimum Gasteiger partial charge on any atom is -0.341 e. The first-order valence-electron chi connectivity index (χ1n) is 5.47. The first-order chi connectivity index (χ1) is 7.27. The summed E-state index contributed by atoms with van der Waals surface area (Å²) in [7, 11) is 0. The predicted octanol–water partition coefficient (Wildman–Crippen LogP) is 1.17. The maximum absolute atomic E-state index is 11.8. The molecule has 0 N–H and O–H groups in total. The molecule has 2 rings (SSSR count). The molecule has 2 aliphatic rings. The van der Waals surface area contributed by atoms with Gasteiger partial charge in [-0.05, 0) is 19.3 Å². The average Bonchev–Trinajstić information content (AvgIpc) is 2.66. The summed E-state index contributed by atoms with van der Waals surface area (Å²) in [5.74, 6) is 0.942. The van der Waals surface area contributed by atoms with E-state index in [-0.39, 0.29) is 17.7 Å². The summed E-state index contributed by atoms with van der Waals surface area (Å²) in [5, 5.41) is 0.0559. The standard InChI is InChI=1S/C10H16N2O2S/c13-9(11-4-2-1-3-5-11)8-12-6-7-15-10(12)14/h1-8H2. The second kappa shape index (κ2) is 4.88. The molecular formula is C10H16N2O2S. The fourth-order valence-corrected chi connectivity index (χ4v) is 2.80. The van der Waals surface area contributed by atoms with Crippen LogP contribution in [-0.2, 0) is 4.79 Å². The molecule has 15 heavy (non-hydrogen) atoms. The number of rotatable bonds is 2. The molecule has 84 valence electrons. The Balaban J connectivity index is 1.82. The van der Waals surface area contributed by atoms with Crippen molar-refractivity contribution in [3.63, 3.8) is 0 Å². The van der Waals surface area contributed by atoms with E-state index in [2.05, 4.69) is 0 Å². The van der Waals surface area contributed by atoms with E-state index in [1.165, 1.54) is 18.2 Å². The molecular weight excluding hydrogens is 212 g/mol. The number of likely N-dealkylation sites (tertiary alicyclic amines) is 1. The topological polar surface area (TPSA) is 40.6 Å². The quantitative estimate of drug-likeness (QED) is 0.712. The van der Waals surface area contributed by atoms with Crippen LogP contribution in [0.25, 0.3) is 0 Å². The monoisotopic (exact) mass is 228 g/mol. The van der Waals surface area contributed by atoms with Gasteiger partial charge in [-0.1, -0.05) is 11.8 Å². The minimum atomic E-state index is 0.0559. The van der Waals surface area contributed by atoms with Gasteiger partial charge in [-0.15, -0.1) is 0 Å². The van der Waals surface area contributed by atoms with Crippen LogP contribution >= 0.6 is 11.8 Å². The first kappa shape index (κ1) is 10.8. The summed E-state index contributed by atoms with van der Waals surface area (Å²) in [6, 6.07) is 0. The van der Waals surface area contributed by atoms with Gasteiger partial charge in [-0.2, -0.15) is 0 Å². The summed E-state index contributed by atoms with van der Waals surface area (Å²) in [6.45, 7) is 2.75. The summed E-state index contributed by atoms with van der Waals surface area (Å²) in [5.41, 5.74) is 0. The Morgan fingerprint density at radius 2 is 1.93 bits per heavy atom. The van der Waals surface area contributed by atoms with Crippen LogP contribution in [-0.4, -0.2) is 52.9 Å². The molecule has 0 aromatic heterocycles. The zero-order chi connectivity index (χ0) is 10.7. The van der Waals surface area contributed by atoms with Crippen LogP contribution in [0.3, 0.4) is 0 Å². The molecule has 0 bridgehead atoms. The number of piperidine rings is 1. The van der Waals surface area contributed by atoms with Gasteiger partial charge in [0.05, 0.1) is 0 Å². The Bertz CT molecular complexity index is 264. The van der Waals surface area contributed by atoms with Crippen LogP contribution in [0.4, 0.5) is 4.79 Å². The highest BCUT2D eigenvalue weighted by molar-refractivity contribution is 8.13. The molecule has 0 radical (unpaired) electrons. The van der Waals surface area contributed by atoms with Crippen molar-refractivity contribution in [2.45, 2.75) is 19.3 Å². The van der Waals surface area contributed by atoms with Crippen LogP contribution in [0.15, 0.2) is 0 Å². The van der Waals surface area contributed by atoms with Gasteiger partial charge in [0.15, 0.2) is 0 Å². The fourth-order valence-electron chi connectivity index (χ4n) is 1.98. The van der Waals surface area contributed by atoms with E-state index in [1.54, 1.807) is 4.90 Å². The lowest BCUT2D eigenvalue weighted by Gasteiger charge is -2.28. The van der Waals surface area contributed by atoms with Gasteiger partial charge in [-0.3, -0.25) is 9.59 Å². The summed E-state index contributed by atoms with van der Waals surface area (Å²) >= 11 is 1.31. The van der Waals surface area contributed by atoms with Gasteiger partial charge in [0.2, 0.25) is 5.91 Å². The Kier molecular flexibility index (Phi) is 3.51. The lowest BCUT2D eigenvalue weighted by molar-refractivity contribution is -0.132. The number of carbonyl (C=O) groups is 2. The smallest absolute Gasteiger partial charge is 0.282 e. The molecule has 2 fully saturated rings. The van der Waals surface area contributed by atoms with Crippen molar-refractivity contribution < 1.29 is 9.59 Å². The van der Waals surface area contributed by atoms with Gasteiger partial charge < -0.3 is 9.80 Å². The van der Waals surface area contributed by atoms with Crippen LogP contribution in [0.1, 0.15) is 19.3 Å². The van der Waals surface area contributed by atoms with Crippen molar-refractivity contribution in [2.24, 2.45) is 0 Å². The van der Waals surface area contributed by atoms with E-state index < -0.39 is 0 Å². The number of carbonyl (C=O) groups excluding carboxylic acids is 2. The molecule has 2 saturated heterocycles. The molecule has 0 aromatic rings. The Morgan fingerprint density at radius 3 is 2.53 bits per heavy atom. The van der Waals surface area contributed by atoms with Gasteiger partial charge in [0.25, 0.3) is 5.24 Å². The van der Waals surface area contributed by atoms with E-state index in [9.17, 15) is 9.59 Å². The van der Waals surface area contributed by atoms with Crippen LogP contribution < -0.4 is 0 Å². The lowest BCUT2D eigenvalue weighted by atomic mass is 10.1. The number of nitrogens with zero attached hydrogens (tertiary/aromatic N) is 2. The van der Waals surface area contributed by atoms with Crippen molar-refractivity contribution >= 4 is 22.9 Å². The lowest BCUT2D eigenvalue weighted by Crippen LogP contribution is -2.42. The molecule has 5 heteroatoms. The Hall–Kier alpha value is -0.710. The fraction of sp³-hybridized carbons (Fsp3) is 0.800. The largest absolute Gasteiger partial charge is 0.341 e. The number of thioether (sulfide) groups is 1. The first-order valence-corrected chi connectivity index (χ1v) is 6.45. The molecule has 0 aliphatic carbocycles. The zero-order valence-electron chi connectivity index (χ0n) is 8.78. The maximum Gasteiger partial charge on any atom is 0.282 e. The molecule has 2 heterocycles. The van der Waals surface area contributed by atoms with E-state index in [4.69, 9.17) is 0 Å². The van der Waals surface area contributed by atoms with Crippen LogP contribution in [0.2, 0.25) is 0 Å². The van der Waals surface area contributed by atoms with E-state index in [1.807, 2.05) is 4.90 Å². The molecule has 2 amide bonds. The zero-order valence-corrected chi connectivity index (χ0v) is 9.59. The van der Waals surface area contributed by atoms with Gasteiger partial charge in [0, 0.05) is 25.4 Å². The Labute approximate surface area is 94.0 Å². The number of amides is 2. The molecule has 0 unspecified atom stereocenters. The number of hydrogen-bond donors (Lipinski definition) is 0. The average molecular weight is 228 g/mol. The van der Waals surface area contributed by atoms with E-state index >= 15 is 0 Å². The van der Waals surface area contributed by atoms with E-state index in [0.29, 0.717) is 0 Å². The third-order valence-electron chi connectivity index (χ3n) is 2.88. The van der Waals surface area contributed by atoms with Crippen LogP contribution in [0, 0.1) is 0 Å². The Morgan fingerprint density at radius 1 is 1.20 bits per heavy atom. The highest BCUT2D eigenvalue weighted by Gasteiger charge is 2.25. The van der Waals surface area contributed by atoms with Gasteiger partial charge in [0.1, 0.15) is 6.54 Å². The van der Waals surface area contributed by atoms with Gasteiger partial charge >= 0.3 is 0 Å². The normalized spacial score (nSPS) is 22.3. The predicted molar refractivity (Wildman–Crippen MR) is 59.9 cm³/mol. The third kappa shape index (κ3) is 2.65. The molecule has 4 nitrogen and oxygen atoms in total. The van der Waals surface area contributed by atoms with Crippen molar-refractivity contribution in [2.75, 3.05) is 31.9 Å². The highest BCUT2D eigenvalue weighted by atomic mass is 32.2. The minimum absolute atomic E-state index is 0.0559. The van der Waals surface area contributed by atoms with Crippen molar-refractivity contribution in [3.05, 3.63) is 0 Å². The number of hydrogen-bond acceptors (Lipinski definition) is 3. The highest BCUT2D eigenvalue weighted by Crippen LogP contribution is 2.17. The molecule has 0 aromatic carbocycles. The van der Waals surface area contributed by atoms with Crippen molar-refractivity contribution in [1.82, 2.24) is 9.80 Å². The maximum atomic E-state index is 11.8. The molecule has 0 spiro atoms. The van der Waals surface area contributed by atoms with Crippen molar-refractivity contribution in [3.8, 4) is 0 Å². The summed E-state index contributed by atoms with van der Waals surface area (Å²) in [6.07, 6.45) is 3.44. The molecule has 2 aliphatic heterocycles. The van der Waals surface area contributed by atoms with Crippen LogP contribution in [0.5, 0.6) is 0 Å². The second-order valence-corrected chi connectivity index (χ2v) is 5.02. The summed E-state index contributed by atoms with van der Waals surface area (Å²) in [4.78, 5) is 26.7. The molecule has 0 saturated carbocycles. The SMILES string of the molecule is O=C(CN1CCSC1=O)N1CCCCC1.